The molecule has 0 bridgehead atoms. The Bertz CT molecular complexity index is 609. The third-order valence-corrected chi connectivity index (χ3v) is 3.42. The maximum absolute atomic E-state index is 11.7. The molecular formula is C12H12N4O2S. The summed E-state index contributed by atoms with van der Waals surface area (Å²) >= 11 is 1.15. The predicted molar refractivity (Wildman–Crippen MR) is 73.7 cm³/mol. The molecule has 2 heterocycles. The first kappa shape index (κ1) is 13.2. The second kappa shape index (κ2) is 5.57. The highest BCUT2D eigenvalue weighted by atomic mass is 32.1. The van der Waals surface area contributed by atoms with Crippen LogP contribution in [0.2, 0.25) is 0 Å². The normalized spacial score (nSPS) is 10.0. The van der Waals surface area contributed by atoms with Gasteiger partial charge in [-0.25, -0.2) is 14.8 Å². The van der Waals surface area contributed by atoms with Crippen LogP contribution in [0.3, 0.4) is 0 Å². The highest BCUT2D eigenvalue weighted by molar-refractivity contribution is 7.17. The Morgan fingerprint density at radius 1 is 1.26 bits per heavy atom. The number of nitrogens with zero attached hydrogens (tertiary/aromatic N) is 2. The fourth-order valence-corrected chi connectivity index (χ4v) is 2.31. The van der Waals surface area contributed by atoms with E-state index in [-0.39, 0.29) is 5.78 Å². The zero-order valence-corrected chi connectivity index (χ0v) is 11.2. The van der Waals surface area contributed by atoms with Gasteiger partial charge in [0, 0.05) is 13.1 Å². The lowest BCUT2D eigenvalue weighted by Crippen LogP contribution is -2.19. The van der Waals surface area contributed by atoms with E-state index in [9.17, 15) is 9.59 Å². The minimum Gasteiger partial charge on any atom is -0.294 e. The van der Waals surface area contributed by atoms with Gasteiger partial charge in [0.2, 0.25) is 0 Å². The zero-order valence-electron chi connectivity index (χ0n) is 10.4. The molecule has 0 radical (unpaired) electrons. The molecule has 6 nitrogen and oxygen atoms in total. The summed E-state index contributed by atoms with van der Waals surface area (Å²) < 4.78 is 0. The van der Waals surface area contributed by atoms with Crippen LogP contribution < -0.4 is 10.6 Å². The maximum Gasteiger partial charge on any atom is 0.326 e. The van der Waals surface area contributed by atoms with Crippen molar-refractivity contribution in [3.63, 3.8) is 0 Å². The minimum atomic E-state index is -0.442. The molecule has 2 rings (SSSR count). The Morgan fingerprint density at radius 3 is 2.63 bits per heavy atom. The van der Waals surface area contributed by atoms with Gasteiger partial charge in [-0.1, -0.05) is 17.4 Å². The number of nitrogens with one attached hydrogen (secondary N) is 2. The Labute approximate surface area is 113 Å². The van der Waals surface area contributed by atoms with Crippen molar-refractivity contribution < 1.29 is 9.59 Å². The van der Waals surface area contributed by atoms with Crippen LogP contribution in [0, 0.1) is 6.92 Å². The molecule has 19 heavy (non-hydrogen) atoms. The quantitative estimate of drug-likeness (QED) is 0.844. The van der Waals surface area contributed by atoms with E-state index in [0.717, 1.165) is 11.3 Å². The van der Waals surface area contributed by atoms with Crippen molar-refractivity contribution in [1.29, 1.82) is 0 Å². The molecule has 2 amide bonds. The molecule has 0 aromatic carbocycles. The number of hydrogen-bond donors (Lipinski definition) is 2. The fourth-order valence-electron chi connectivity index (χ4n) is 1.46. The second-order valence-electron chi connectivity index (χ2n) is 3.78. The monoisotopic (exact) mass is 276 g/mol. The number of rotatable bonds is 3. The molecule has 7 heteroatoms. The van der Waals surface area contributed by atoms with Crippen molar-refractivity contribution in [2.45, 2.75) is 13.8 Å². The van der Waals surface area contributed by atoms with Crippen molar-refractivity contribution in [2.24, 2.45) is 0 Å². The maximum atomic E-state index is 11.7. The molecule has 0 aliphatic heterocycles. The van der Waals surface area contributed by atoms with E-state index in [1.807, 2.05) is 0 Å². The summed E-state index contributed by atoms with van der Waals surface area (Å²) in [7, 11) is 0. The minimum absolute atomic E-state index is 0.0619. The topological polar surface area (TPSA) is 84.0 Å². The summed E-state index contributed by atoms with van der Waals surface area (Å²) in [5, 5.41) is 5.53. The van der Waals surface area contributed by atoms with Gasteiger partial charge in [0.1, 0.15) is 5.82 Å². The van der Waals surface area contributed by atoms with Gasteiger partial charge in [0.15, 0.2) is 10.9 Å². The molecule has 0 fully saturated rings. The van der Waals surface area contributed by atoms with Crippen molar-refractivity contribution >= 4 is 34.1 Å². The molecule has 0 unspecified atom stereocenters. The van der Waals surface area contributed by atoms with E-state index in [2.05, 4.69) is 20.6 Å². The summed E-state index contributed by atoms with van der Waals surface area (Å²) in [6, 6.07) is 4.76. The molecule has 0 aliphatic rings. The van der Waals surface area contributed by atoms with E-state index in [0.29, 0.717) is 21.5 Å². The summed E-state index contributed by atoms with van der Waals surface area (Å²) in [4.78, 5) is 31.6. The highest BCUT2D eigenvalue weighted by Gasteiger charge is 2.13. The van der Waals surface area contributed by atoms with E-state index in [1.54, 1.807) is 31.3 Å². The van der Waals surface area contributed by atoms with Crippen LogP contribution in [0.1, 0.15) is 22.3 Å². The second-order valence-corrected chi connectivity index (χ2v) is 4.78. The average molecular weight is 276 g/mol. The van der Waals surface area contributed by atoms with Gasteiger partial charge in [0.25, 0.3) is 0 Å². The van der Waals surface area contributed by atoms with Gasteiger partial charge in [-0.15, -0.1) is 0 Å². The van der Waals surface area contributed by atoms with Crippen LogP contribution in [-0.4, -0.2) is 21.8 Å². The number of hydrogen-bond acceptors (Lipinski definition) is 5. The summed E-state index contributed by atoms with van der Waals surface area (Å²) in [6.45, 7) is 3.20. The van der Waals surface area contributed by atoms with Crippen LogP contribution in [0.25, 0.3) is 0 Å². The van der Waals surface area contributed by atoms with E-state index < -0.39 is 6.03 Å². The molecule has 0 saturated heterocycles. The molecule has 0 spiro atoms. The number of anilines is 2. The summed E-state index contributed by atoms with van der Waals surface area (Å²) in [5.74, 6) is 0.383. The van der Waals surface area contributed by atoms with Crippen LogP contribution in [0.4, 0.5) is 15.7 Å². The number of ketones is 1. The van der Waals surface area contributed by atoms with Crippen LogP contribution in [-0.2, 0) is 0 Å². The third-order valence-electron chi connectivity index (χ3n) is 2.24. The third kappa shape index (κ3) is 3.35. The average Bonchev–Trinajstić information content (AvgIpc) is 2.71. The van der Waals surface area contributed by atoms with Crippen molar-refractivity contribution in [2.75, 3.05) is 10.6 Å². The molecule has 98 valence electrons. The Hall–Kier alpha value is -2.28. The lowest BCUT2D eigenvalue weighted by molar-refractivity contribution is 0.102. The number of Topliss-reactive ketones (excluding diaryl/α,β-unsaturated/α-hetero) is 1. The van der Waals surface area contributed by atoms with E-state index in [1.165, 1.54) is 6.92 Å². The first-order valence-corrected chi connectivity index (χ1v) is 6.35. The number of thiazole rings is 1. The molecule has 2 aromatic heterocycles. The molecule has 0 atom stereocenters. The summed E-state index contributed by atoms with van der Waals surface area (Å²) in [5.41, 5.74) is 0.616. The Morgan fingerprint density at radius 2 is 2.05 bits per heavy atom. The number of pyridine rings is 1. The zero-order chi connectivity index (χ0) is 13.8. The summed E-state index contributed by atoms with van der Waals surface area (Å²) in [6.07, 6.45) is 1.58. The molecule has 0 aliphatic carbocycles. The SMILES string of the molecule is CC(=O)c1sc(NC(=O)Nc2ccccn2)nc1C. The van der Waals surface area contributed by atoms with Gasteiger partial charge in [0.05, 0.1) is 10.6 Å². The first-order chi connectivity index (χ1) is 9.06. The van der Waals surface area contributed by atoms with Crippen LogP contribution >= 0.6 is 11.3 Å². The molecular weight excluding hydrogens is 264 g/mol. The van der Waals surface area contributed by atoms with Crippen molar-refractivity contribution in [3.05, 3.63) is 35.0 Å². The van der Waals surface area contributed by atoms with Crippen molar-refractivity contribution in [3.8, 4) is 0 Å². The van der Waals surface area contributed by atoms with Gasteiger partial charge in [-0.3, -0.25) is 15.4 Å². The van der Waals surface area contributed by atoms with Crippen LogP contribution in [0.15, 0.2) is 24.4 Å². The highest BCUT2D eigenvalue weighted by Crippen LogP contribution is 2.22. The molecule has 2 N–H and O–H groups in total. The first-order valence-electron chi connectivity index (χ1n) is 5.53. The number of aryl methyl sites for hydroxylation is 1. The standard InChI is InChI=1S/C12H12N4O2S/c1-7-10(8(2)17)19-12(14-7)16-11(18)15-9-5-3-4-6-13-9/h3-6H,1-2H3,(H2,13,14,15,16,18). The van der Waals surface area contributed by atoms with Gasteiger partial charge < -0.3 is 0 Å². The smallest absolute Gasteiger partial charge is 0.294 e. The van der Waals surface area contributed by atoms with Crippen molar-refractivity contribution in [1.82, 2.24) is 9.97 Å². The Kier molecular flexibility index (Phi) is 3.86. The van der Waals surface area contributed by atoms with E-state index >= 15 is 0 Å². The number of urea groups is 1. The lowest BCUT2D eigenvalue weighted by atomic mass is 10.3. The Balaban J connectivity index is 2.03. The number of carbonyl (C=O) groups excluding carboxylic acids is 2. The molecule has 2 aromatic rings. The fraction of sp³-hybridized carbons (Fsp3) is 0.167. The number of amides is 2. The number of aromatic nitrogens is 2. The molecule has 0 saturated carbocycles. The van der Waals surface area contributed by atoms with E-state index in [4.69, 9.17) is 0 Å². The largest absolute Gasteiger partial charge is 0.326 e. The number of carbonyl (C=O) groups is 2. The van der Waals surface area contributed by atoms with Gasteiger partial charge >= 0.3 is 6.03 Å². The predicted octanol–water partition coefficient (Wildman–Crippen LogP) is 2.69. The van der Waals surface area contributed by atoms with Crippen LogP contribution in [0.5, 0.6) is 0 Å². The van der Waals surface area contributed by atoms with Gasteiger partial charge in [-0.05, 0) is 19.1 Å². The lowest BCUT2D eigenvalue weighted by Gasteiger charge is -2.03. The van der Waals surface area contributed by atoms with Gasteiger partial charge in [-0.2, -0.15) is 0 Å².